The van der Waals surface area contributed by atoms with Crippen molar-refractivity contribution in [2.75, 3.05) is 39.3 Å². The van der Waals surface area contributed by atoms with Gasteiger partial charge in [0, 0.05) is 39.3 Å². The molecular weight excluding hydrogens is 395 g/mol. The number of hydrogen-bond donors (Lipinski definition) is 2. The van der Waals surface area contributed by atoms with Crippen LogP contribution in [0.5, 0.6) is 0 Å². The molecule has 3 rings (SSSR count). The third-order valence-corrected chi connectivity index (χ3v) is 4.48. The summed E-state index contributed by atoms with van der Waals surface area (Å²) in [6.45, 7) is 6.18. The summed E-state index contributed by atoms with van der Waals surface area (Å²) < 4.78 is 41.6. The molecule has 1 aromatic heterocycles. The number of alkyl halides is 3. The zero-order chi connectivity index (χ0) is 19.4. The Morgan fingerprint density at radius 1 is 1.21 bits per heavy atom. The summed E-state index contributed by atoms with van der Waals surface area (Å²) in [6.07, 6.45) is -3.73. The number of nitrogens with zero attached hydrogens (tertiary/aromatic N) is 3. The van der Waals surface area contributed by atoms with E-state index in [9.17, 15) is 18.0 Å². The van der Waals surface area contributed by atoms with E-state index < -0.39 is 23.3 Å². The second-order valence-corrected chi connectivity index (χ2v) is 6.50. The van der Waals surface area contributed by atoms with Gasteiger partial charge in [-0.2, -0.15) is 18.3 Å². The summed E-state index contributed by atoms with van der Waals surface area (Å²) in [5.41, 5.74) is -0.354. The van der Waals surface area contributed by atoms with Gasteiger partial charge in [0.2, 0.25) is 0 Å². The van der Waals surface area contributed by atoms with Crippen molar-refractivity contribution in [1.82, 2.24) is 25.3 Å². The Morgan fingerprint density at radius 2 is 1.86 bits per heavy atom. The van der Waals surface area contributed by atoms with Crippen LogP contribution >= 0.6 is 12.4 Å². The molecule has 1 aliphatic heterocycles. The Balaban J connectivity index is 0.00000280. The highest BCUT2D eigenvalue weighted by Gasteiger charge is 2.40. The van der Waals surface area contributed by atoms with Crippen molar-refractivity contribution in [2.24, 2.45) is 0 Å². The predicted molar refractivity (Wildman–Crippen MR) is 102 cm³/mol. The van der Waals surface area contributed by atoms with Crippen LogP contribution in [0.3, 0.4) is 0 Å². The van der Waals surface area contributed by atoms with Crippen molar-refractivity contribution in [3.05, 3.63) is 47.3 Å². The van der Waals surface area contributed by atoms with Crippen molar-refractivity contribution < 1.29 is 18.0 Å². The van der Waals surface area contributed by atoms with Gasteiger partial charge < -0.3 is 10.6 Å². The second kappa shape index (κ2) is 9.40. The molecule has 0 bridgehead atoms. The molecule has 2 N–H and O–H groups in total. The van der Waals surface area contributed by atoms with Gasteiger partial charge in [-0.25, -0.2) is 4.68 Å². The molecule has 2 heterocycles. The maximum absolute atomic E-state index is 13.6. The number of aryl methyl sites for hydroxylation is 1. The van der Waals surface area contributed by atoms with E-state index >= 15 is 0 Å². The van der Waals surface area contributed by atoms with Gasteiger partial charge in [-0.3, -0.25) is 9.69 Å². The van der Waals surface area contributed by atoms with Gasteiger partial charge in [0.05, 0.1) is 17.4 Å². The average Bonchev–Trinajstić information content (AvgIpc) is 3.09. The van der Waals surface area contributed by atoms with Gasteiger partial charge >= 0.3 is 6.18 Å². The number of benzene rings is 1. The summed E-state index contributed by atoms with van der Waals surface area (Å²) in [5, 5.41) is 9.62. The first kappa shape index (κ1) is 22.2. The summed E-state index contributed by atoms with van der Waals surface area (Å²) in [4.78, 5) is 14.5. The number of aromatic nitrogens is 2. The van der Waals surface area contributed by atoms with Crippen LogP contribution in [-0.2, 0) is 6.18 Å². The van der Waals surface area contributed by atoms with Crippen LogP contribution in [0.1, 0.15) is 21.6 Å². The third-order valence-electron chi connectivity index (χ3n) is 4.48. The minimum atomic E-state index is -4.70. The highest BCUT2D eigenvalue weighted by molar-refractivity contribution is 5.95. The summed E-state index contributed by atoms with van der Waals surface area (Å²) in [6, 6.07) is 6.49. The molecule has 0 saturated carbocycles. The van der Waals surface area contributed by atoms with E-state index in [0.29, 0.717) is 6.54 Å². The standard InChI is InChI=1S/C18H22F3N5O.ClH/c1-13-2-4-14(5-3-13)26-16(18(19,20)21)15(12-24-26)17(27)23-8-11-25-9-6-22-7-10-25;/h2-5,12,22H,6-11H2,1H3,(H,23,27);1H. The van der Waals surface area contributed by atoms with Gasteiger partial charge in [-0.05, 0) is 19.1 Å². The molecule has 28 heavy (non-hydrogen) atoms. The van der Waals surface area contributed by atoms with Crippen molar-refractivity contribution in [3.8, 4) is 5.69 Å². The van der Waals surface area contributed by atoms with Crippen LogP contribution in [0.25, 0.3) is 5.69 Å². The van der Waals surface area contributed by atoms with Crippen molar-refractivity contribution in [3.63, 3.8) is 0 Å². The molecule has 1 aliphatic rings. The molecule has 1 fully saturated rings. The van der Waals surface area contributed by atoms with E-state index in [0.717, 1.165) is 42.6 Å². The van der Waals surface area contributed by atoms with E-state index in [2.05, 4.69) is 20.6 Å². The van der Waals surface area contributed by atoms with Gasteiger partial charge in [0.15, 0.2) is 5.69 Å². The fraction of sp³-hybridized carbons (Fsp3) is 0.444. The highest BCUT2D eigenvalue weighted by Crippen LogP contribution is 2.33. The van der Waals surface area contributed by atoms with E-state index in [1.165, 1.54) is 0 Å². The average molecular weight is 418 g/mol. The lowest BCUT2D eigenvalue weighted by Crippen LogP contribution is -2.46. The molecular formula is C18H23ClF3N5O. The van der Waals surface area contributed by atoms with Crippen molar-refractivity contribution >= 4 is 18.3 Å². The second-order valence-electron chi connectivity index (χ2n) is 6.50. The number of halogens is 4. The van der Waals surface area contributed by atoms with E-state index in [-0.39, 0.29) is 24.6 Å². The summed E-state index contributed by atoms with van der Waals surface area (Å²) in [5.74, 6) is -0.768. The monoisotopic (exact) mass is 417 g/mol. The minimum Gasteiger partial charge on any atom is -0.351 e. The molecule has 0 unspecified atom stereocenters. The van der Waals surface area contributed by atoms with E-state index in [4.69, 9.17) is 0 Å². The zero-order valence-corrected chi connectivity index (χ0v) is 16.2. The maximum Gasteiger partial charge on any atom is 0.434 e. The van der Waals surface area contributed by atoms with Crippen molar-refractivity contribution in [2.45, 2.75) is 13.1 Å². The Hall–Kier alpha value is -2.10. The molecule has 0 radical (unpaired) electrons. The Kier molecular flexibility index (Phi) is 7.45. The van der Waals surface area contributed by atoms with Crippen LogP contribution in [0.2, 0.25) is 0 Å². The number of carbonyl (C=O) groups is 1. The number of hydrogen-bond acceptors (Lipinski definition) is 4. The molecule has 2 aromatic rings. The van der Waals surface area contributed by atoms with Crippen molar-refractivity contribution in [1.29, 1.82) is 0 Å². The number of nitrogens with one attached hydrogen (secondary N) is 2. The predicted octanol–water partition coefficient (Wildman–Crippen LogP) is 2.26. The normalized spacial score (nSPS) is 15.1. The molecule has 6 nitrogen and oxygen atoms in total. The van der Waals surface area contributed by atoms with Gasteiger partial charge in [0.25, 0.3) is 5.91 Å². The molecule has 0 atom stereocenters. The first-order valence-corrected chi connectivity index (χ1v) is 8.80. The van der Waals surface area contributed by atoms with Crippen LogP contribution in [-0.4, -0.2) is 59.9 Å². The lowest BCUT2D eigenvalue weighted by Gasteiger charge is -2.27. The van der Waals surface area contributed by atoms with Gasteiger partial charge in [0.1, 0.15) is 0 Å². The molecule has 1 aromatic carbocycles. The van der Waals surface area contributed by atoms with Crippen LogP contribution < -0.4 is 10.6 Å². The summed E-state index contributed by atoms with van der Waals surface area (Å²) in [7, 11) is 0. The minimum absolute atomic E-state index is 0. The lowest BCUT2D eigenvalue weighted by atomic mass is 10.2. The lowest BCUT2D eigenvalue weighted by molar-refractivity contribution is -0.143. The quantitative estimate of drug-likeness (QED) is 0.783. The number of carbonyl (C=O) groups excluding carboxylic acids is 1. The summed E-state index contributed by atoms with van der Waals surface area (Å²) >= 11 is 0. The van der Waals surface area contributed by atoms with Crippen LogP contribution in [0.15, 0.2) is 30.5 Å². The highest BCUT2D eigenvalue weighted by atomic mass is 35.5. The Morgan fingerprint density at radius 3 is 2.46 bits per heavy atom. The van der Waals surface area contributed by atoms with E-state index in [1.807, 2.05) is 6.92 Å². The molecule has 0 spiro atoms. The van der Waals surface area contributed by atoms with Gasteiger partial charge in [-0.1, -0.05) is 17.7 Å². The first-order valence-electron chi connectivity index (χ1n) is 8.80. The molecule has 1 saturated heterocycles. The first-order chi connectivity index (χ1) is 12.9. The number of amides is 1. The van der Waals surface area contributed by atoms with Crippen LogP contribution in [0.4, 0.5) is 13.2 Å². The molecule has 154 valence electrons. The SMILES string of the molecule is Cc1ccc(-n2ncc(C(=O)NCCN3CCNCC3)c2C(F)(F)F)cc1.Cl. The maximum atomic E-state index is 13.6. The van der Waals surface area contributed by atoms with Gasteiger partial charge in [-0.15, -0.1) is 12.4 Å². The third kappa shape index (κ3) is 5.24. The largest absolute Gasteiger partial charge is 0.434 e. The molecule has 1 amide bonds. The topological polar surface area (TPSA) is 62.2 Å². The van der Waals surface area contributed by atoms with E-state index in [1.54, 1.807) is 24.3 Å². The van der Waals surface area contributed by atoms with Crippen LogP contribution in [0, 0.1) is 6.92 Å². The Bertz CT molecular complexity index is 786. The molecule has 0 aliphatic carbocycles. The fourth-order valence-corrected chi connectivity index (χ4v) is 3.03. The zero-order valence-electron chi connectivity index (χ0n) is 15.4. The fourth-order valence-electron chi connectivity index (χ4n) is 3.03. The number of rotatable bonds is 5. The smallest absolute Gasteiger partial charge is 0.351 e. The molecule has 10 heteroatoms. The Labute approximate surface area is 167 Å². The number of piperazine rings is 1.